The van der Waals surface area contributed by atoms with Crippen LogP contribution in [0.5, 0.6) is 0 Å². The van der Waals surface area contributed by atoms with Crippen LogP contribution >= 0.6 is 12.4 Å². The number of carbonyl (C=O) groups is 1. The molecule has 0 unspecified atom stereocenters. The van der Waals surface area contributed by atoms with Gasteiger partial charge in [0.15, 0.2) is 0 Å². The molecule has 118 valence electrons. The predicted octanol–water partition coefficient (Wildman–Crippen LogP) is 3.06. The van der Waals surface area contributed by atoms with Gasteiger partial charge in [0.25, 0.3) is 5.91 Å². The van der Waals surface area contributed by atoms with Crippen LogP contribution in [0.15, 0.2) is 35.3 Å². The summed E-state index contributed by atoms with van der Waals surface area (Å²) in [6, 6.07) is 5.67. The van der Waals surface area contributed by atoms with E-state index < -0.39 is 11.3 Å². The van der Waals surface area contributed by atoms with E-state index in [1.807, 2.05) is 18.4 Å². The number of hydrogen-bond acceptors (Lipinski definition) is 2. The van der Waals surface area contributed by atoms with Gasteiger partial charge >= 0.3 is 0 Å². The van der Waals surface area contributed by atoms with Crippen LogP contribution in [0.25, 0.3) is 11.1 Å². The third-order valence-electron chi connectivity index (χ3n) is 3.44. The van der Waals surface area contributed by atoms with E-state index in [4.69, 9.17) is 5.73 Å². The summed E-state index contributed by atoms with van der Waals surface area (Å²) in [5.74, 6) is -1.15. The highest BCUT2D eigenvalue weighted by Crippen LogP contribution is 2.23. The average molecular weight is 325 g/mol. The van der Waals surface area contributed by atoms with Crippen molar-refractivity contribution in [2.75, 3.05) is 0 Å². The molecule has 2 rings (SSSR count). The second-order valence-electron chi connectivity index (χ2n) is 5.20. The van der Waals surface area contributed by atoms with E-state index in [1.165, 1.54) is 30.5 Å². The van der Waals surface area contributed by atoms with Gasteiger partial charge < -0.3 is 10.3 Å². The molecule has 2 N–H and O–H groups in total. The summed E-state index contributed by atoms with van der Waals surface area (Å²) < 4.78 is 14.9. The van der Waals surface area contributed by atoms with Gasteiger partial charge in [-0.05, 0) is 38.5 Å². The summed E-state index contributed by atoms with van der Waals surface area (Å²) in [7, 11) is 0. The number of nitrogens with zero attached hydrogens (tertiary/aromatic N) is 1. The van der Waals surface area contributed by atoms with Crippen molar-refractivity contribution in [3.63, 3.8) is 0 Å². The first-order chi connectivity index (χ1) is 9.82. The molecule has 0 bridgehead atoms. The zero-order valence-electron chi connectivity index (χ0n) is 12.6. The van der Waals surface area contributed by atoms with Crippen LogP contribution in [0.1, 0.15) is 35.9 Å². The van der Waals surface area contributed by atoms with Gasteiger partial charge in [-0.15, -0.1) is 12.4 Å². The lowest BCUT2D eigenvalue weighted by Crippen LogP contribution is -2.27. The molecule has 0 aliphatic carbocycles. The number of amides is 1. The number of primary amides is 1. The Morgan fingerprint density at radius 3 is 2.23 bits per heavy atom. The third-order valence-corrected chi connectivity index (χ3v) is 3.44. The zero-order chi connectivity index (χ0) is 15.7. The fraction of sp³-hybridized carbons (Fsp3) is 0.250. The fourth-order valence-corrected chi connectivity index (χ4v) is 2.39. The van der Waals surface area contributed by atoms with E-state index in [1.54, 1.807) is 6.92 Å². The van der Waals surface area contributed by atoms with Crippen LogP contribution in [0, 0.1) is 12.7 Å². The van der Waals surface area contributed by atoms with Crippen molar-refractivity contribution in [3.05, 3.63) is 57.8 Å². The smallest absolute Gasteiger partial charge is 0.254 e. The lowest BCUT2D eigenvalue weighted by atomic mass is 10.0. The zero-order valence-corrected chi connectivity index (χ0v) is 13.4. The van der Waals surface area contributed by atoms with E-state index in [0.29, 0.717) is 16.8 Å². The second-order valence-corrected chi connectivity index (χ2v) is 5.20. The quantitative estimate of drug-likeness (QED) is 0.943. The van der Waals surface area contributed by atoms with Crippen molar-refractivity contribution in [1.29, 1.82) is 0 Å². The number of pyridine rings is 1. The maximum absolute atomic E-state index is 13.1. The number of nitrogens with two attached hydrogens (primary N) is 1. The average Bonchev–Trinajstić information content (AvgIpc) is 2.40. The molecule has 0 saturated carbocycles. The van der Waals surface area contributed by atoms with Crippen molar-refractivity contribution >= 4 is 18.3 Å². The van der Waals surface area contributed by atoms with Crippen molar-refractivity contribution in [1.82, 2.24) is 4.57 Å². The predicted molar refractivity (Wildman–Crippen MR) is 87.0 cm³/mol. The van der Waals surface area contributed by atoms with Gasteiger partial charge in [-0.3, -0.25) is 9.59 Å². The second kappa shape index (κ2) is 6.75. The highest BCUT2D eigenvalue weighted by molar-refractivity contribution is 5.93. The molecule has 22 heavy (non-hydrogen) atoms. The summed E-state index contributed by atoms with van der Waals surface area (Å²) in [5, 5.41) is 0. The first kappa shape index (κ1) is 17.9. The van der Waals surface area contributed by atoms with E-state index in [2.05, 4.69) is 0 Å². The topological polar surface area (TPSA) is 65.1 Å². The van der Waals surface area contributed by atoms with E-state index in [-0.39, 0.29) is 29.8 Å². The molecule has 0 fully saturated rings. The van der Waals surface area contributed by atoms with Crippen molar-refractivity contribution < 1.29 is 9.18 Å². The normalized spacial score (nSPS) is 10.4. The van der Waals surface area contributed by atoms with E-state index in [9.17, 15) is 14.0 Å². The first-order valence-corrected chi connectivity index (χ1v) is 6.64. The largest absolute Gasteiger partial charge is 0.365 e. The number of carbonyl (C=O) groups excluding carboxylic acids is 1. The summed E-state index contributed by atoms with van der Waals surface area (Å²) >= 11 is 0. The number of aromatic nitrogens is 1. The van der Waals surface area contributed by atoms with Crippen LogP contribution in [0.4, 0.5) is 4.39 Å². The third kappa shape index (κ3) is 3.20. The molecule has 0 saturated heterocycles. The highest BCUT2D eigenvalue weighted by Gasteiger charge is 2.18. The summed E-state index contributed by atoms with van der Waals surface area (Å²) in [5.41, 5.74) is 6.46. The molecule has 2 aromatic rings. The Hall–Kier alpha value is -2.14. The number of halogens is 2. The van der Waals surface area contributed by atoms with Crippen LogP contribution in [0.2, 0.25) is 0 Å². The Kier molecular flexibility index (Phi) is 5.49. The first-order valence-electron chi connectivity index (χ1n) is 6.64. The Morgan fingerprint density at radius 2 is 1.77 bits per heavy atom. The fourth-order valence-electron chi connectivity index (χ4n) is 2.39. The number of hydrogen-bond donors (Lipinski definition) is 1. The van der Waals surface area contributed by atoms with Gasteiger partial charge in [-0.1, -0.05) is 12.1 Å². The number of rotatable bonds is 3. The SMILES string of the molecule is Cc1c(-c2ccc(F)cc2)c(=O)c(C(N)=O)cn1C(C)C.Cl. The molecule has 1 aromatic carbocycles. The Balaban J connectivity index is 0.00000242. The number of benzene rings is 1. The van der Waals surface area contributed by atoms with Gasteiger partial charge in [-0.2, -0.15) is 0 Å². The molecule has 1 heterocycles. The van der Waals surface area contributed by atoms with Crippen molar-refractivity contribution in [3.8, 4) is 11.1 Å². The monoisotopic (exact) mass is 324 g/mol. The Bertz CT molecular complexity index is 752. The maximum atomic E-state index is 13.1. The van der Waals surface area contributed by atoms with Gasteiger partial charge in [0.2, 0.25) is 5.43 Å². The molecule has 1 aromatic heterocycles. The lowest BCUT2D eigenvalue weighted by Gasteiger charge is -2.19. The summed E-state index contributed by atoms with van der Waals surface area (Å²) in [4.78, 5) is 24.0. The Labute approximate surface area is 134 Å². The van der Waals surface area contributed by atoms with Crippen LogP contribution in [-0.4, -0.2) is 10.5 Å². The summed E-state index contributed by atoms with van der Waals surface area (Å²) in [6.45, 7) is 5.68. The molecule has 4 nitrogen and oxygen atoms in total. The highest BCUT2D eigenvalue weighted by atomic mass is 35.5. The lowest BCUT2D eigenvalue weighted by molar-refractivity contribution is 0.0998. The van der Waals surface area contributed by atoms with Crippen LogP contribution < -0.4 is 11.2 Å². The molecule has 1 amide bonds. The van der Waals surface area contributed by atoms with E-state index in [0.717, 1.165) is 0 Å². The Morgan fingerprint density at radius 1 is 1.23 bits per heavy atom. The molecule has 6 heteroatoms. The molecule has 0 aliphatic heterocycles. The van der Waals surface area contributed by atoms with Crippen LogP contribution in [0.3, 0.4) is 0 Å². The van der Waals surface area contributed by atoms with Crippen molar-refractivity contribution in [2.45, 2.75) is 26.8 Å². The standard InChI is InChI=1S/C16H17FN2O2.ClH/c1-9(2)19-8-13(16(18)21)15(20)14(10(19)3)11-4-6-12(17)7-5-11;/h4-9H,1-3H3,(H2,18,21);1H. The summed E-state index contributed by atoms with van der Waals surface area (Å²) in [6.07, 6.45) is 1.48. The molecule has 0 spiro atoms. The van der Waals surface area contributed by atoms with Gasteiger partial charge in [0.05, 0.1) is 0 Å². The molecule has 0 atom stereocenters. The maximum Gasteiger partial charge on any atom is 0.254 e. The molecule has 0 radical (unpaired) electrons. The molecule has 0 aliphatic rings. The van der Waals surface area contributed by atoms with Gasteiger partial charge in [0, 0.05) is 23.5 Å². The minimum absolute atomic E-state index is 0. The van der Waals surface area contributed by atoms with Gasteiger partial charge in [-0.25, -0.2) is 4.39 Å². The van der Waals surface area contributed by atoms with E-state index >= 15 is 0 Å². The van der Waals surface area contributed by atoms with Crippen LogP contribution in [-0.2, 0) is 0 Å². The molecular formula is C16H18ClFN2O2. The molecular weight excluding hydrogens is 307 g/mol. The van der Waals surface area contributed by atoms with Gasteiger partial charge in [0.1, 0.15) is 11.4 Å². The minimum atomic E-state index is -0.766. The minimum Gasteiger partial charge on any atom is -0.365 e. The van der Waals surface area contributed by atoms with Crippen molar-refractivity contribution in [2.24, 2.45) is 5.73 Å².